The van der Waals surface area contributed by atoms with Crippen LogP contribution in [0.4, 0.5) is 0 Å². The maximum atomic E-state index is 12.0. The molecular formula is C15H13NO3. The van der Waals surface area contributed by atoms with Crippen molar-refractivity contribution in [3.8, 4) is 11.3 Å². The number of Topliss-reactive ketones (excluding diaryl/α,β-unsaturated/α-hetero) is 2. The fraction of sp³-hybridized carbons (Fsp3) is 0.267. The Morgan fingerprint density at radius 1 is 1.11 bits per heavy atom. The Kier molecular flexibility index (Phi) is 2.78. The fourth-order valence-electron chi connectivity index (χ4n) is 2.25. The van der Waals surface area contributed by atoms with Gasteiger partial charge in [0.05, 0.1) is 0 Å². The number of benzene rings is 1. The molecule has 1 aliphatic rings. The van der Waals surface area contributed by atoms with E-state index in [1.807, 2.05) is 6.07 Å². The van der Waals surface area contributed by atoms with Crippen molar-refractivity contribution in [2.45, 2.75) is 26.2 Å². The van der Waals surface area contributed by atoms with Crippen LogP contribution in [-0.2, 0) is 6.42 Å². The minimum atomic E-state index is -0.594. The smallest absolute Gasteiger partial charge is 0.271 e. The van der Waals surface area contributed by atoms with Gasteiger partial charge in [0, 0.05) is 17.5 Å². The molecular weight excluding hydrogens is 242 g/mol. The van der Waals surface area contributed by atoms with Gasteiger partial charge >= 0.3 is 0 Å². The van der Waals surface area contributed by atoms with E-state index in [2.05, 4.69) is 11.9 Å². The van der Waals surface area contributed by atoms with Crippen molar-refractivity contribution in [2.75, 3.05) is 0 Å². The number of oxazole rings is 1. The number of unbranched alkanes of at least 4 members (excludes halogenated alkanes) is 1. The van der Waals surface area contributed by atoms with Crippen LogP contribution in [0.15, 0.2) is 28.7 Å². The summed E-state index contributed by atoms with van der Waals surface area (Å²) in [7, 11) is 0. The number of hydrogen-bond donors (Lipinski definition) is 0. The van der Waals surface area contributed by atoms with E-state index in [4.69, 9.17) is 4.42 Å². The van der Waals surface area contributed by atoms with Crippen LogP contribution < -0.4 is 0 Å². The molecule has 19 heavy (non-hydrogen) atoms. The Labute approximate surface area is 110 Å². The highest BCUT2D eigenvalue weighted by Crippen LogP contribution is 2.33. The molecule has 0 unspecified atom stereocenters. The summed E-state index contributed by atoms with van der Waals surface area (Å²) in [5, 5.41) is 0. The summed E-state index contributed by atoms with van der Waals surface area (Å²) < 4.78 is 5.47. The lowest BCUT2D eigenvalue weighted by Gasteiger charge is -2.10. The van der Waals surface area contributed by atoms with E-state index >= 15 is 0 Å². The fourth-order valence-corrected chi connectivity index (χ4v) is 2.25. The highest BCUT2D eigenvalue weighted by Gasteiger charge is 2.35. The third-order valence-electron chi connectivity index (χ3n) is 3.25. The Balaban J connectivity index is 2.13. The number of fused-ring (bicyclic) bond motifs is 3. The largest absolute Gasteiger partial charge is 0.436 e. The van der Waals surface area contributed by atoms with Crippen molar-refractivity contribution in [1.82, 2.24) is 4.98 Å². The summed E-state index contributed by atoms with van der Waals surface area (Å²) in [5.41, 5.74) is 1.61. The van der Waals surface area contributed by atoms with Gasteiger partial charge in [0.1, 0.15) is 5.69 Å². The summed E-state index contributed by atoms with van der Waals surface area (Å²) >= 11 is 0. The Morgan fingerprint density at radius 2 is 1.84 bits per heavy atom. The highest BCUT2D eigenvalue weighted by atomic mass is 16.4. The molecule has 0 bridgehead atoms. The molecule has 0 fully saturated rings. The molecule has 0 saturated carbocycles. The predicted molar refractivity (Wildman–Crippen MR) is 69.2 cm³/mol. The van der Waals surface area contributed by atoms with E-state index in [1.54, 1.807) is 18.2 Å². The molecule has 1 aromatic heterocycles. The number of aryl methyl sites for hydroxylation is 1. The molecule has 3 rings (SSSR count). The molecule has 0 amide bonds. The summed E-state index contributed by atoms with van der Waals surface area (Å²) in [4.78, 5) is 28.3. The van der Waals surface area contributed by atoms with Crippen molar-refractivity contribution in [3.63, 3.8) is 0 Å². The number of ketones is 2. The van der Waals surface area contributed by atoms with E-state index in [1.165, 1.54) is 0 Å². The van der Waals surface area contributed by atoms with Crippen LogP contribution >= 0.6 is 0 Å². The second kappa shape index (κ2) is 4.46. The lowest BCUT2D eigenvalue weighted by Crippen LogP contribution is -2.20. The van der Waals surface area contributed by atoms with E-state index in [0.717, 1.165) is 12.8 Å². The number of carbonyl (C=O) groups is 2. The van der Waals surface area contributed by atoms with Crippen LogP contribution in [-0.4, -0.2) is 16.6 Å². The summed E-state index contributed by atoms with van der Waals surface area (Å²) in [6.45, 7) is 2.08. The normalized spacial score (nSPS) is 13.3. The highest BCUT2D eigenvalue weighted by molar-refractivity contribution is 6.52. The summed E-state index contributed by atoms with van der Waals surface area (Å²) in [6.07, 6.45) is 2.66. The predicted octanol–water partition coefficient (Wildman–Crippen LogP) is 3.06. The van der Waals surface area contributed by atoms with Gasteiger partial charge in [0.15, 0.2) is 5.89 Å². The van der Waals surface area contributed by atoms with Gasteiger partial charge in [-0.15, -0.1) is 0 Å². The van der Waals surface area contributed by atoms with E-state index < -0.39 is 11.6 Å². The van der Waals surface area contributed by atoms with Gasteiger partial charge in [0.25, 0.3) is 5.78 Å². The average molecular weight is 255 g/mol. The molecule has 0 radical (unpaired) electrons. The molecule has 0 saturated heterocycles. The van der Waals surface area contributed by atoms with E-state index in [0.29, 0.717) is 29.1 Å². The van der Waals surface area contributed by atoms with E-state index in [9.17, 15) is 9.59 Å². The Morgan fingerprint density at radius 3 is 2.58 bits per heavy atom. The second-order valence-electron chi connectivity index (χ2n) is 4.59. The minimum Gasteiger partial charge on any atom is -0.436 e. The first-order valence-corrected chi connectivity index (χ1v) is 6.40. The second-order valence-corrected chi connectivity index (χ2v) is 4.59. The minimum absolute atomic E-state index is 0.0924. The number of nitrogens with zero attached hydrogens (tertiary/aromatic N) is 1. The molecule has 96 valence electrons. The first-order chi connectivity index (χ1) is 9.22. The lowest BCUT2D eigenvalue weighted by atomic mass is 9.91. The van der Waals surface area contributed by atoms with Crippen LogP contribution in [0.25, 0.3) is 11.3 Å². The zero-order chi connectivity index (χ0) is 13.4. The SMILES string of the molecule is CCCCc1nc2c(o1)C(=O)C(=O)c1ccccc1-2. The topological polar surface area (TPSA) is 60.2 Å². The Bertz CT molecular complexity index is 670. The number of rotatable bonds is 3. The summed E-state index contributed by atoms with van der Waals surface area (Å²) in [6, 6.07) is 7.02. The third-order valence-corrected chi connectivity index (χ3v) is 3.25. The lowest BCUT2D eigenvalue weighted by molar-refractivity contribution is 0.0798. The van der Waals surface area contributed by atoms with Crippen LogP contribution in [0.1, 0.15) is 46.6 Å². The van der Waals surface area contributed by atoms with Crippen molar-refractivity contribution in [3.05, 3.63) is 41.5 Å². The van der Waals surface area contributed by atoms with Crippen molar-refractivity contribution in [2.24, 2.45) is 0 Å². The van der Waals surface area contributed by atoms with Gasteiger partial charge < -0.3 is 4.42 Å². The van der Waals surface area contributed by atoms with Crippen LogP contribution in [0, 0.1) is 0 Å². The molecule has 4 nitrogen and oxygen atoms in total. The van der Waals surface area contributed by atoms with Crippen LogP contribution in [0.3, 0.4) is 0 Å². The molecule has 2 aromatic rings. The Hall–Kier alpha value is -2.23. The monoisotopic (exact) mass is 255 g/mol. The van der Waals surface area contributed by atoms with Crippen molar-refractivity contribution < 1.29 is 14.0 Å². The maximum absolute atomic E-state index is 12.0. The quantitative estimate of drug-likeness (QED) is 0.791. The number of carbonyl (C=O) groups excluding carboxylic acids is 2. The standard InChI is InChI=1S/C15H13NO3/c1-2-3-8-11-16-12-9-6-4-5-7-10(9)13(17)14(18)15(12)19-11/h4-7H,2-3,8H2,1H3. The third kappa shape index (κ3) is 1.80. The molecule has 1 aromatic carbocycles. The van der Waals surface area contributed by atoms with Crippen LogP contribution in [0.5, 0.6) is 0 Å². The summed E-state index contributed by atoms with van der Waals surface area (Å²) in [5.74, 6) is -0.482. The van der Waals surface area contributed by atoms with Crippen molar-refractivity contribution >= 4 is 11.6 Å². The van der Waals surface area contributed by atoms with Gasteiger partial charge in [-0.25, -0.2) is 4.98 Å². The number of aromatic nitrogens is 1. The first kappa shape index (κ1) is 11.8. The molecule has 0 aliphatic heterocycles. The van der Waals surface area contributed by atoms with Gasteiger partial charge in [0.2, 0.25) is 11.5 Å². The van der Waals surface area contributed by atoms with E-state index in [-0.39, 0.29) is 5.76 Å². The zero-order valence-electron chi connectivity index (χ0n) is 10.6. The van der Waals surface area contributed by atoms with Crippen molar-refractivity contribution in [1.29, 1.82) is 0 Å². The van der Waals surface area contributed by atoms with Gasteiger partial charge in [-0.1, -0.05) is 37.6 Å². The molecule has 4 heteroatoms. The zero-order valence-corrected chi connectivity index (χ0v) is 10.6. The van der Waals surface area contributed by atoms with Gasteiger partial charge in [-0.05, 0) is 6.42 Å². The van der Waals surface area contributed by atoms with Gasteiger partial charge in [-0.2, -0.15) is 0 Å². The molecule has 0 spiro atoms. The maximum Gasteiger partial charge on any atom is 0.271 e. The molecule has 1 heterocycles. The molecule has 0 atom stereocenters. The molecule has 1 aliphatic carbocycles. The van der Waals surface area contributed by atoms with Gasteiger partial charge in [-0.3, -0.25) is 9.59 Å². The number of hydrogen-bond acceptors (Lipinski definition) is 4. The average Bonchev–Trinajstić information content (AvgIpc) is 2.87. The first-order valence-electron chi connectivity index (χ1n) is 6.40. The molecule has 0 N–H and O–H groups in total. The van der Waals surface area contributed by atoms with Crippen LogP contribution in [0.2, 0.25) is 0 Å².